The summed E-state index contributed by atoms with van der Waals surface area (Å²) in [5, 5.41) is 12.1. The zero-order valence-electron chi connectivity index (χ0n) is 9.75. The maximum absolute atomic E-state index is 8.79. The van der Waals surface area contributed by atoms with E-state index in [4.69, 9.17) is 9.94 Å². The fraction of sp³-hybridized carbons (Fsp3) is 0.750. The van der Waals surface area contributed by atoms with E-state index in [9.17, 15) is 0 Å². The van der Waals surface area contributed by atoms with Crippen molar-refractivity contribution in [3.05, 3.63) is 11.3 Å². The lowest BCUT2D eigenvalue weighted by Gasteiger charge is -2.19. The van der Waals surface area contributed by atoms with Crippen molar-refractivity contribution < 1.29 is 9.94 Å². The molecule has 1 N–H and O–H groups in total. The van der Waals surface area contributed by atoms with Crippen molar-refractivity contribution in [3.8, 4) is 0 Å². The molecule has 0 amide bonds. The molecule has 0 aliphatic heterocycles. The van der Waals surface area contributed by atoms with Gasteiger partial charge in [-0.3, -0.25) is 0 Å². The standard InChI is InChI=1S/C12H21NO2/c1-3-4-5-9-15-12-8-6-7-11(13-14)10(12)2/h14H,3-9H2,1-2H3/b13-11+. The molecule has 0 bridgehead atoms. The van der Waals surface area contributed by atoms with Gasteiger partial charge < -0.3 is 9.94 Å². The van der Waals surface area contributed by atoms with E-state index in [2.05, 4.69) is 12.1 Å². The van der Waals surface area contributed by atoms with Gasteiger partial charge in [-0.05, 0) is 26.2 Å². The molecule has 3 heteroatoms. The Morgan fingerprint density at radius 1 is 1.33 bits per heavy atom. The van der Waals surface area contributed by atoms with Crippen LogP contribution in [0.2, 0.25) is 0 Å². The van der Waals surface area contributed by atoms with Crippen LogP contribution in [-0.2, 0) is 4.74 Å². The molecule has 1 aliphatic rings. The van der Waals surface area contributed by atoms with Crippen molar-refractivity contribution in [2.24, 2.45) is 5.16 Å². The number of oxime groups is 1. The van der Waals surface area contributed by atoms with Crippen molar-refractivity contribution in [1.82, 2.24) is 0 Å². The Morgan fingerprint density at radius 2 is 2.13 bits per heavy atom. The van der Waals surface area contributed by atoms with Crippen molar-refractivity contribution in [2.75, 3.05) is 6.61 Å². The minimum atomic E-state index is 0.784. The molecule has 0 radical (unpaired) electrons. The summed E-state index contributed by atoms with van der Waals surface area (Å²) in [7, 11) is 0. The maximum atomic E-state index is 8.79. The van der Waals surface area contributed by atoms with E-state index in [0.717, 1.165) is 49.3 Å². The third kappa shape index (κ3) is 3.57. The molecule has 1 aliphatic carbocycles. The second-order valence-electron chi connectivity index (χ2n) is 4.00. The Bertz CT molecular complexity index is 256. The lowest BCUT2D eigenvalue weighted by molar-refractivity contribution is 0.191. The average Bonchev–Trinajstić information content (AvgIpc) is 2.26. The van der Waals surface area contributed by atoms with E-state index in [-0.39, 0.29) is 0 Å². The zero-order chi connectivity index (χ0) is 11.1. The van der Waals surface area contributed by atoms with Crippen LogP contribution in [0.3, 0.4) is 0 Å². The lowest BCUT2D eigenvalue weighted by Crippen LogP contribution is -2.12. The van der Waals surface area contributed by atoms with Crippen molar-refractivity contribution in [3.63, 3.8) is 0 Å². The monoisotopic (exact) mass is 211 g/mol. The van der Waals surface area contributed by atoms with E-state index in [1.807, 2.05) is 6.92 Å². The largest absolute Gasteiger partial charge is 0.498 e. The van der Waals surface area contributed by atoms with Crippen LogP contribution in [0.5, 0.6) is 0 Å². The second kappa shape index (κ2) is 6.49. The van der Waals surface area contributed by atoms with Crippen LogP contribution in [0.25, 0.3) is 0 Å². The molecule has 0 fully saturated rings. The van der Waals surface area contributed by atoms with Gasteiger partial charge in [0, 0.05) is 12.0 Å². The van der Waals surface area contributed by atoms with Gasteiger partial charge in [0.15, 0.2) is 0 Å². The number of nitrogens with zero attached hydrogens (tertiary/aromatic N) is 1. The molecule has 0 aromatic heterocycles. The number of allylic oxidation sites excluding steroid dienone is 2. The molecule has 1 rings (SSSR count). The quantitative estimate of drug-likeness (QED) is 0.429. The van der Waals surface area contributed by atoms with Gasteiger partial charge in [0.2, 0.25) is 0 Å². The van der Waals surface area contributed by atoms with Crippen LogP contribution in [-0.4, -0.2) is 17.5 Å². The molecule has 0 atom stereocenters. The van der Waals surface area contributed by atoms with E-state index in [0.29, 0.717) is 0 Å². The molecule has 0 saturated heterocycles. The Morgan fingerprint density at radius 3 is 2.80 bits per heavy atom. The first kappa shape index (κ1) is 12.1. The highest BCUT2D eigenvalue weighted by atomic mass is 16.5. The van der Waals surface area contributed by atoms with Gasteiger partial charge in [-0.25, -0.2) is 0 Å². The van der Waals surface area contributed by atoms with Gasteiger partial charge in [-0.15, -0.1) is 0 Å². The predicted molar refractivity (Wildman–Crippen MR) is 61.2 cm³/mol. The van der Waals surface area contributed by atoms with Gasteiger partial charge in [0.25, 0.3) is 0 Å². The maximum Gasteiger partial charge on any atom is 0.101 e. The first-order chi connectivity index (χ1) is 7.29. The SMILES string of the molecule is CCCCCOC1=C(C)/C(=N/O)CCC1. The Labute approximate surface area is 91.8 Å². The fourth-order valence-electron chi connectivity index (χ4n) is 1.81. The normalized spacial score (nSPS) is 19.7. The van der Waals surface area contributed by atoms with E-state index in [1.165, 1.54) is 12.8 Å². The molecule has 15 heavy (non-hydrogen) atoms. The van der Waals surface area contributed by atoms with Crippen LogP contribution >= 0.6 is 0 Å². The second-order valence-corrected chi connectivity index (χ2v) is 4.00. The van der Waals surface area contributed by atoms with Gasteiger partial charge >= 0.3 is 0 Å². The molecule has 0 unspecified atom stereocenters. The highest BCUT2D eigenvalue weighted by Gasteiger charge is 2.16. The van der Waals surface area contributed by atoms with Gasteiger partial charge in [-0.1, -0.05) is 24.9 Å². The number of hydrogen-bond donors (Lipinski definition) is 1. The summed E-state index contributed by atoms with van der Waals surface area (Å²) < 4.78 is 5.72. The summed E-state index contributed by atoms with van der Waals surface area (Å²) in [5.41, 5.74) is 1.81. The number of ether oxygens (including phenoxy) is 1. The Kier molecular flexibility index (Phi) is 5.22. The minimum Gasteiger partial charge on any atom is -0.498 e. The number of unbranched alkanes of at least 4 members (excludes halogenated alkanes) is 2. The number of hydrogen-bond acceptors (Lipinski definition) is 3. The first-order valence-electron chi connectivity index (χ1n) is 5.83. The lowest BCUT2D eigenvalue weighted by atomic mass is 9.97. The molecule has 0 spiro atoms. The molecule has 3 nitrogen and oxygen atoms in total. The number of rotatable bonds is 5. The third-order valence-corrected chi connectivity index (χ3v) is 2.81. The van der Waals surface area contributed by atoms with E-state index < -0.39 is 0 Å². The third-order valence-electron chi connectivity index (χ3n) is 2.81. The summed E-state index contributed by atoms with van der Waals surface area (Å²) in [4.78, 5) is 0. The van der Waals surface area contributed by atoms with Crippen LogP contribution < -0.4 is 0 Å². The zero-order valence-corrected chi connectivity index (χ0v) is 9.75. The molecule has 0 aromatic carbocycles. The Hall–Kier alpha value is -0.990. The topological polar surface area (TPSA) is 41.8 Å². The van der Waals surface area contributed by atoms with E-state index >= 15 is 0 Å². The summed E-state index contributed by atoms with van der Waals surface area (Å²) in [6.07, 6.45) is 6.41. The van der Waals surface area contributed by atoms with Crippen LogP contribution in [0.15, 0.2) is 16.5 Å². The molecule has 0 aromatic rings. The van der Waals surface area contributed by atoms with Crippen molar-refractivity contribution >= 4 is 5.71 Å². The summed E-state index contributed by atoms with van der Waals surface area (Å²) in [6.45, 7) is 4.95. The van der Waals surface area contributed by atoms with Crippen LogP contribution in [0.4, 0.5) is 0 Å². The minimum absolute atomic E-state index is 0.784. The molecule has 0 saturated carbocycles. The summed E-state index contributed by atoms with van der Waals surface area (Å²) >= 11 is 0. The average molecular weight is 211 g/mol. The predicted octanol–water partition coefficient (Wildman–Crippen LogP) is 3.48. The molecule has 86 valence electrons. The van der Waals surface area contributed by atoms with Gasteiger partial charge in [0.05, 0.1) is 12.3 Å². The highest BCUT2D eigenvalue weighted by molar-refractivity contribution is 6.00. The molecular weight excluding hydrogens is 190 g/mol. The smallest absolute Gasteiger partial charge is 0.101 e. The molecular formula is C12H21NO2. The first-order valence-corrected chi connectivity index (χ1v) is 5.83. The van der Waals surface area contributed by atoms with Crippen molar-refractivity contribution in [1.29, 1.82) is 0 Å². The highest BCUT2D eigenvalue weighted by Crippen LogP contribution is 2.23. The Balaban J connectivity index is 2.45. The molecule has 0 heterocycles. The van der Waals surface area contributed by atoms with E-state index in [1.54, 1.807) is 0 Å². The fourth-order valence-corrected chi connectivity index (χ4v) is 1.81. The van der Waals surface area contributed by atoms with Crippen LogP contribution in [0, 0.1) is 0 Å². The summed E-state index contributed by atoms with van der Waals surface area (Å²) in [5.74, 6) is 1.02. The van der Waals surface area contributed by atoms with Gasteiger partial charge in [0.1, 0.15) is 5.76 Å². The summed E-state index contributed by atoms with van der Waals surface area (Å²) in [6, 6.07) is 0. The van der Waals surface area contributed by atoms with Crippen LogP contribution in [0.1, 0.15) is 52.4 Å². The van der Waals surface area contributed by atoms with Gasteiger partial charge in [-0.2, -0.15) is 0 Å². The van der Waals surface area contributed by atoms with Crippen molar-refractivity contribution in [2.45, 2.75) is 52.4 Å².